The molecule has 40 heavy (non-hydrogen) atoms. The number of carboxylic acids is 1. The van der Waals surface area contributed by atoms with Crippen molar-refractivity contribution in [1.82, 2.24) is 4.90 Å². The summed E-state index contributed by atoms with van der Waals surface area (Å²) in [4.78, 5) is 15.9. The molecule has 0 amide bonds. The molecule has 5 heteroatoms. The molecule has 6 rings (SSSR count). The zero-order valence-electron chi connectivity index (χ0n) is 23.5. The molecular formula is C35H42N2O3. The first-order valence-electron chi connectivity index (χ1n) is 15.2. The van der Waals surface area contributed by atoms with Gasteiger partial charge >= 0.3 is 5.97 Å². The number of aliphatic carboxylic acids is 1. The average Bonchev–Trinajstić information content (AvgIpc) is 3.30. The molecule has 2 heterocycles. The van der Waals surface area contributed by atoms with Crippen LogP contribution >= 0.6 is 0 Å². The fourth-order valence-electron chi connectivity index (χ4n) is 7.84. The van der Waals surface area contributed by atoms with E-state index in [0.29, 0.717) is 17.1 Å². The third-order valence-corrected chi connectivity index (χ3v) is 9.98. The van der Waals surface area contributed by atoms with Crippen LogP contribution in [0.1, 0.15) is 79.0 Å². The highest BCUT2D eigenvalue weighted by Crippen LogP contribution is 2.47. The Hall–Kier alpha value is -3.31. The predicted molar refractivity (Wildman–Crippen MR) is 160 cm³/mol. The fraction of sp³-hybridized carbons (Fsp3) is 0.457. The lowest BCUT2D eigenvalue weighted by atomic mass is 9.69. The predicted octanol–water partition coefficient (Wildman–Crippen LogP) is 6.80. The van der Waals surface area contributed by atoms with Crippen molar-refractivity contribution in [3.63, 3.8) is 0 Å². The minimum atomic E-state index is -0.712. The molecule has 210 valence electrons. The standard InChI is InChI=1S/C35H42N2O3/c38-30-13-15-32-28(24-30)10-14-31(26-6-2-1-3-7-26)34(32)27-8-11-29(12-9-27)37-21-5-17-35(19-23-37)16-4-20-36(22-18-35)25-33(39)40/h1-3,6-9,11-13,15,24,31,34,38H,4-5,10,14,16-23,25H2,(H,39,40)/t31-,34+,35?/m1/s1. The van der Waals surface area contributed by atoms with Crippen LogP contribution in [0.25, 0.3) is 0 Å². The highest BCUT2D eigenvalue weighted by molar-refractivity contribution is 5.69. The van der Waals surface area contributed by atoms with Crippen LogP contribution in [0.15, 0.2) is 72.8 Å². The van der Waals surface area contributed by atoms with Crippen LogP contribution in [-0.4, -0.2) is 53.8 Å². The highest BCUT2D eigenvalue weighted by Gasteiger charge is 2.35. The molecule has 1 aliphatic carbocycles. The molecule has 2 N–H and O–H groups in total. The number of likely N-dealkylation sites (tertiary alicyclic amines) is 1. The normalized spacial score (nSPS) is 25.6. The maximum atomic E-state index is 11.2. The van der Waals surface area contributed by atoms with Gasteiger partial charge in [0.25, 0.3) is 0 Å². The number of carboxylic acid groups (broad SMARTS) is 1. The summed E-state index contributed by atoms with van der Waals surface area (Å²) in [5.74, 6) is 0.329. The highest BCUT2D eigenvalue weighted by atomic mass is 16.4. The van der Waals surface area contributed by atoms with Crippen LogP contribution in [0, 0.1) is 5.41 Å². The van der Waals surface area contributed by atoms with Crippen molar-refractivity contribution < 1.29 is 15.0 Å². The van der Waals surface area contributed by atoms with Crippen molar-refractivity contribution in [3.8, 4) is 5.75 Å². The second-order valence-electron chi connectivity index (χ2n) is 12.4. The van der Waals surface area contributed by atoms with Gasteiger partial charge in [-0.1, -0.05) is 48.5 Å². The SMILES string of the molecule is O=C(O)CN1CCCC2(CCCN(c3ccc([C@@H]4c5ccc(O)cc5CC[C@@H]4c4ccccc4)cc3)CC2)CC1. The molecule has 0 radical (unpaired) electrons. The lowest BCUT2D eigenvalue weighted by Gasteiger charge is -2.35. The van der Waals surface area contributed by atoms with Crippen molar-refractivity contribution in [3.05, 3.63) is 95.1 Å². The van der Waals surface area contributed by atoms with E-state index in [0.717, 1.165) is 51.9 Å². The third kappa shape index (κ3) is 5.76. The number of hydrogen-bond acceptors (Lipinski definition) is 4. The van der Waals surface area contributed by atoms with Gasteiger partial charge in [0, 0.05) is 24.7 Å². The lowest BCUT2D eigenvalue weighted by Crippen LogP contribution is -2.32. The van der Waals surface area contributed by atoms with Gasteiger partial charge in [0.05, 0.1) is 6.54 Å². The zero-order valence-corrected chi connectivity index (χ0v) is 23.5. The minimum Gasteiger partial charge on any atom is -0.508 e. The van der Waals surface area contributed by atoms with E-state index in [1.165, 1.54) is 53.6 Å². The summed E-state index contributed by atoms with van der Waals surface area (Å²) in [6.45, 7) is 4.14. The van der Waals surface area contributed by atoms with E-state index in [1.54, 1.807) is 0 Å². The molecule has 0 aromatic heterocycles. The first kappa shape index (κ1) is 26.9. The molecule has 5 nitrogen and oxygen atoms in total. The van der Waals surface area contributed by atoms with Crippen LogP contribution in [-0.2, 0) is 11.2 Å². The van der Waals surface area contributed by atoms with Gasteiger partial charge in [-0.05, 0) is 122 Å². The summed E-state index contributed by atoms with van der Waals surface area (Å²) in [5.41, 5.74) is 7.00. The number of phenols is 1. The lowest BCUT2D eigenvalue weighted by molar-refractivity contribution is -0.138. The number of nitrogens with zero attached hydrogens (tertiary/aromatic N) is 2. The van der Waals surface area contributed by atoms with E-state index in [-0.39, 0.29) is 12.5 Å². The number of fused-ring (bicyclic) bond motifs is 1. The fourth-order valence-corrected chi connectivity index (χ4v) is 7.84. The molecule has 3 aromatic rings. The van der Waals surface area contributed by atoms with E-state index in [4.69, 9.17) is 0 Å². The van der Waals surface area contributed by atoms with Gasteiger partial charge in [0.15, 0.2) is 0 Å². The van der Waals surface area contributed by atoms with Crippen molar-refractivity contribution in [2.24, 2.45) is 5.41 Å². The maximum absolute atomic E-state index is 11.2. The van der Waals surface area contributed by atoms with E-state index in [2.05, 4.69) is 70.5 Å². The summed E-state index contributed by atoms with van der Waals surface area (Å²) in [5, 5.41) is 19.4. The second-order valence-corrected chi connectivity index (χ2v) is 12.4. The van der Waals surface area contributed by atoms with E-state index < -0.39 is 5.97 Å². The molecule has 1 spiro atoms. The van der Waals surface area contributed by atoms with Crippen LogP contribution in [0.3, 0.4) is 0 Å². The summed E-state index contributed by atoms with van der Waals surface area (Å²) in [6, 6.07) is 26.2. The van der Waals surface area contributed by atoms with Crippen molar-refractivity contribution in [2.75, 3.05) is 37.6 Å². The number of benzene rings is 3. The van der Waals surface area contributed by atoms with Crippen LogP contribution in [0.4, 0.5) is 5.69 Å². The number of aryl methyl sites for hydroxylation is 1. The smallest absolute Gasteiger partial charge is 0.317 e. The number of anilines is 1. The molecule has 2 saturated heterocycles. The van der Waals surface area contributed by atoms with Gasteiger partial charge in [-0.2, -0.15) is 0 Å². The summed E-state index contributed by atoms with van der Waals surface area (Å²) < 4.78 is 0. The Morgan fingerprint density at radius 1 is 0.825 bits per heavy atom. The zero-order chi connectivity index (χ0) is 27.5. The largest absolute Gasteiger partial charge is 0.508 e. The van der Waals surface area contributed by atoms with Crippen molar-refractivity contribution in [2.45, 2.75) is 63.2 Å². The van der Waals surface area contributed by atoms with Gasteiger partial charge in [0.2, 0.25) is 0 Å². The Labute approximate surface area is 238 Å². The Bertz CT molecular complexity index is 1310. The van der Waals surface area contributed by atoms with Gasteiger partial charge in [-0.15, -0.1) is 0 Å². The molecule has 2 aliphatic heterocycles. The van der Waals surface area contributed by atoms with E-state index in [1.807, 2.05) is 12.1 Å². The van der Waals surface area contributed by atoms with Gasteiger partial charge in [-0.25, -0.2) is 0 Å². The second kappa shape index (κ2) is 11.7. The Morgan fingerprint density at radius 2 is 1.57 bits per heavy atom. The monoisotopic (exact) mass is 538 g/mol. The average molecular weight is 539 g/mol. The van der Waals surface area contributed by atoms with E-state index >= 15 is 0 Å². The van der Waals surface area contributed by atoms with Crippen LogP contribution in [0.2, 0.25) is 0 Å². The van der Waals surface area contributed by atoms with Crippen molar-refractivity contribution in [1.29, 1.82) is 0 Å². The van der Waals surface area contributed by atoms with Gasteiger partial charge < -0.3 is 15.1 Å². The molecule has 3 aliphatic rings. The molecule has 3 aromatic carbocycles. The molecular weight excluding hydrogens is 496 g/mol. The number of hydrogen-bond donors (Lipinski definition) is 2. The number of rotatable bonds is 5. The summed E-state index contributed by atoms with van der Waals surface area (Å²) >= 11 is 0. The molecule has 0 bridgehead atoms. The number of carbonyl (C=O) groups is 1. The molecule has 2 fully saturated rings. The Morgan fingerprint density at radius 3 is 2.35 bits per heavy atom. The summed E-state index contributed by atoms with van der Waals surface area (Å²) in [6.07, 6.45) is 9.12. The van der Waals surface area contributed by atoms with Crippen LogP contribution < -0.4 is 4.90 Å². The summed E-state index contributed by atoms with van der Waals surface area (Å²) in [7, 11) is 0. The molecule has 0 saturated carbocycles. The Kier molecular flexibility index (Phi) is 7.84. The topological polar surface area (TPSA) is 64.0 Å². The van der Waals surface area contributed by atoms with Crippen molar-refractivity contribution >= 4 is 11.7 Å². The van der Waals surface area contributed by atoms with Crippen LogP contribution in [0.5, 0.6) is 5.75 Å². The van der Waals surface area contributed by atoms with Gasteiger partial charge in [0.1, 0.15) is 5.75 Å². The molecule has 1 unspecified atom stereocenters. The first-order chi connectivity index (χ1) is 19.5. The quantitative estimate of drug-likeness (QED) is 0.374. The maximum Gasteiger partial charge on any atom is 0.317 e. The minimum absolute atomic E-state index is 0.173. The van der Waals surface area contributed by atoms with E-state index in [9.17, 15) is 15.0 Å². The number of phenolic OH excluding ortho intramolecular Hbond substituents is 1. The first-order valence-corrected chi connectivity index (χ1v) is 15.2. The number of aromatic hydroxyl groups is 1. The molecule has 3 atom stereocenters. The Balaban J connectivity index is 1.20. The van der Waals surface area contributed by atoms with Gasteiger partial charge in [-0.3, -0.25) is 9.69 Å². The third-order valence-electron chi connectivity index (χ3n) is 9.98.